The van der Waals surface area contributed by atoms with Gasteiger partial charge in [0.15, 0.2) is 5.06 Å². The molecule has 1 aromatic heterocycles. The molecular formula is C20H20ClNOS. The third kappa shape index (κ3) is 5.10. The molecule has 1 N–H and O–H groups in total. The van der Waals surface area contributed by atoms with Crippen molar-refractivity contribution in [2.75, 3.05) is 6.54 Å². The standard InChI is InChI=1S/C20H20ClNOS/c1-15-10-20(24-14-15)23-19-7-3-5-17(12-19)13-22-9-8-16-4-2-6-18(21)11-16/h2-7,10-12,14,22H,8-9,13H2,1H3. The van der Waals surface area contributed by atoms with Gasteiger partial charge in [0.05, 0.1) is 0 Å². The summed E-state index contributed by atoms with van der Waals surface area (Å²) in [5.74, 6) is 0.881. The first kappa shape index (κ1) is 17.0. The Bertz CT molecular complexity index is 800. The smallest absolute Gasteiger partial charge is 0.181 e. The SMILES string of the molecule is Cc1csc(Oc2cccc(CNCCc3cccc(Cl)c3)c2)c1. The van der Waals surface area contributed by atoms with E-state index in [9.17, 15) is 0 Å². The van der Waals surface area contributed by atoms with Crippen LogP contribution in [0.2, 0.25) is 5.02 Å². The first-order valence-electron chi connectivity index (χ1n) is 7.96. The van der Waals surface area contributed by atoms with Crippen LogP contribution < -0.4 is 10.1 Å². The molecule has 2 aromatic carbocycles. The van der Waals surface area contributed by atoms with Gasteiger partial charge >= 0.3 is 0 Å². The van der Waals surface area contributed by atoms with Crippen molar-refractivity contribution >= 4 is 22.9 Å². The largest absolute Gasteiger partial charge is 0.447 e. The summed E-state index contributed by atoms with van der Waals surface area (Å²) in [7, 11) is 0. The Balaban J connectivity index is 1.49. The van der Waals surface area contributed by atoms with E-state index < -0.39 is 0 Å². The summed E-state index contributed by atoms with van der Waals surface area (Å²) in [5.41, 5.74) is 3.70. The third-order valence-corrected chi connectivity index (χ3v) is 4.79. The Morgan fingerprint density at radius 1 is 1.04 bits per heavy atom. The summed E-state index contributed by atoms with van der Waals surface area (Å²) in [6.45, 7) is 3.81. The first-order chi connectivity index (χ1) is 11.7. The van der Waals surface area contributed by atoms with Crippen LogP contribution >= 0.6 is 22.9 Å². The van der Waals surface area contributed by atoms with Gasteiger partial charge in [0.25, 0.3) is 0 Å². The van der Waals surface area contributed by atoms with Gasteiger partial charge in [0.1, 0.15) is 5.75 Å². The molecule has 1 heterocycles. The Morgan fingerprint density at radius 3 is 2.67 bits per heavy atom. The molecule has 0 saturated carbocycles. The fourth-order valence-electron chi connectivity index (χ4n) is 2.45. The van der Waals surface area contributed by atoms with Crippen molar-refractivity contribution in [1.82, 2.24) is 5.32 Å². The predicted octanol–water partition coefficient (Wildman–Crippen LogP) is 5.83. The molecule has 0 fully saturated rings. The molecular weight excluding hydrogens is 338 g/mol. The Kier molecular flexibility index (Phi) is 5.91. The molecule has 0 aliphatic carbocycles. The van der Waals surface area contributed by atoms with Crippen molar-refractivity contribution in [3.05, 3.63) is 81.7 Å². The maximum atomic E-state index is 6.01. The van der Waals surface area contributed by atoms with Crippen LogP contribution in [-0.4, -0.2) is 6.54 Å². The van der Waals surface area contributed by atoms with E-state index in [2.05, 4.69) is 41.9 Å². The summed E-state index contributed by atoms with van der Waals surface area (Å²) in [6.07, 6.45) is 0.964. The Morgan fingerprint density at radius 2 is 1.88 bits per heavy atom. The average Bonchev–Trinajstić information content (AvgIpc) is 2.97. The number of rotatable bonds is 7. The van der Waals surface area contributed by atoms with Crippen molar-refractivity contribution in [2.45, 2.75) is 19.9 Å². The second kappa shape index (κ2) is 8.34. The van der Waals surface area contributed by atoms with E-state index in [1.807, 2.05) is 30.3 Å². The van der Waals surface area contributed by atoms with Gasteiger partial charge in [0.2, 0.25) is 0 Å². The quantitative estimate of drug-likeness (QED) is 0.537. The number of thiophene rings is 1. The highest BCUT2D eigenvalue weighted by Crippen LogP contribution is 2.28. The van der Waals surface area contributed by atoms with Gasteiger partial charge in [0, 0.05) is 11.6 Å². The zero-order chi connectivity index (χ0) is 16.8. The van der Waals surface area contributed by atoms with Gasteiger partial charge in [-0.15, -0.1) is 11.3 Å². The molecule has 4 heteroatoms. The normalized spacial score (nSPS) is 10.8. The minimum absolute atomic E-state index is 0.793. The minimum atomic E-state index is 0.793. The van der Waals surface area contributed by atoms with Crippen LogP contribution in [0.1, 0.15) is 16.7 Å². The van der Waals surface area contributed by atoms with Gasteiger partial charge in [-0.2, -0.15) is 0 Å². The zero-order valence-electron chi connectivity index (χ0n) is 13.6. The number of hydrogen-bond acceptors (Lipinski definition) is 3. The predicted molar refractivity (Wildman–Crippen MR) is 102 cm³/mol. The highest BCUT2D eigenvalue weighted by atomic mass is 35.5. The summed E-state index contributed by atoms with van der Waals surface area (Å²) in [4.78, 5) is 0. The van der Waals surface area contributed by atoms with Crippen molar-refractivity contribution in [2.24, 2.45) is 0 Å². The molecule has 0 amide bonds. The minimum Gasteiger partial charge on any atom is -0.447 e. The van der Waals surface area contributed by atoms with Gasteiger partial charge in [-0.05, 0) is 72.3 Å². The summed E-state index contributed by atoms with van der Waals surface area (Å²) in [5, 5.41) is 7.28. The second-order valence-electron chi connectivity index (χ2n) is 5.75. The van der Waals surface area contributed by atoms with Gasteiger partial charge in [-0.25, -0.2) is 0 Å². The Hall–Kier alpha value is -1.81. The van der Waals surface area contributed by atoms with Crippen molar-refractivity contribution in [3.8, 4) is 10.8 Å². The van der Waals surface area contributed by atoms with Gasteiger partial charge in [-0.1, -0.05) is 35.9 Å². The van der Waals surface area contributed by atoms with E-state index in [-0.39, 0.29) is 0 Å². The maximum Gasteiger partial charge on any atom is 0.181 e. The zero-order valence-corrected chi connectivity index (χ0v) is 15.2. The number of aryl methyl sites for hydroxylation is 1. The molecule has 2 nitrogen and oxygen atoms in total. The molecule has 0 aliphatic rings. The first-order valence-corrected chi connectivity index (χ1v) is 9.22. The third-order valence-electron chi connectivity index (χ3n) is 3.63. The molecule has 0 atom stereocenters. The molecule has 3 aromatic rings. The summed E-state index contributed by atoms with van der Waals surface area (Å²) in [6, 6.07) is 18.3. The van der Waals surface area contributed by atoms with Crippen LogP contribution in [0.25, 0.3) is 0 Å². The second-order valence-corrected chi connectivity index (χ2v) is 7.06. The highest BCUT2D eigenvalue weighted by molar-refractivity contribution is 7.12. The number of halogens is 1. The lowest BCUT2D eigenvalue weighted by Gasteiger charge is -2.08. The molecule has 124 valence electrons. The van der Waals surface area contributed by atoms with Crippen molar-refractivity contribution in [1.29, 1.82) is 0 Å². The monoisotopic (exact) mass is 357 g/mol. The van der Waals surface area contributed by atoms with Crippen molar-refractivity contribution in [3.63, 3.8) is 0 Å². The Labute approximate surface area is 152 Å². The lowest BCUT2D eigenvalue weighted by Crippen LogP contribution is -2.16. The maximum absolute atomic E-state index is 6.01. The topological polar surface area (TPSA) is 21.3 Å². The molecule has 24 heavy (non-hydrogen) atoms. The van der Waals surface area contributed by atoms with Crippen LogP contribution in [0.5, 0.6) is 10.8 Å². The van der Waals surface area contributed by atoms with E-state index in [0.717, 1.165) is 35.3 Å². The van der Waals surface area contributed by atoms with Crippen molar-refractivity contribution < 1.29 is 4.74 Å². The fraction of sp³-hybridized carbons (Fsp3) is 0.200. The van der Waals surface area contributed by atoms with E-state index in [1.165, 1.54) is 16.7 Å². The van der Waals surface area contributed by atoms with E-state index in [0.29, 0.717) is 0 Å². The van der Waals surface area contributed by atoms with E-state index >= 15 is 0 Å². The molecule has 3 rings (SSSR count). The number of nitrogens with one attached hydrogen (secondary N) is 1. The number of ether oxygens (including phenoxy) is 1. The number of benzene rings is 2. The molecule has 0 spiro atoms. The van der Waals surface area contributed by atoms with E-state index in [1.54, 1.807) is 11.3 Å². The lowest BCUT2D eigenvalue weighted by atomic mass is 10.1. The van der Waals surface area contributed by atoms with Crippen LogP contribution in [0.4, 0.5) is 0 Å². The fourth-order valence-corrected chi connectivity index (χ4v) is 3.43. The van der Waals surface area contributed by atoms with Crippen LogP contribution in [0, 0.1) is 6.92 Å². The molecule has 0 saturated heterocycles. The summed E-state index contributed by atoms with van der Waals surface area (Å²) < 4.78 is 5.90. The van der Waals surface area contributed by atoms with E-state index in [4.69, 9.17) is 16.3 Å². The van der Waals surface area contributed by atoms with Crippen LogP contribution in [0.15, 0.2) is 60.0 Å². The summed E-state index contributed by atoms with van der Waals surface area (Å²) >= 11 is 7.63. The average molecular weight is 358 g/mol. The number of hydrogen-bond donors (Lipinski definition) is 1. The molecule has 0 unspecified atom stereocenters. The molecule has 0 radical (unpaired) electrons. The van der Waals surface area contributed by atoms with Crippen LogP contribution in [-0.2, 0) is 13.0 Å². The lowest BCUT2D eigenvalue weighted by molar-refractivity contribution is 0.495. The highest BCUT2D eigenvalue weighted by Gasteiger charge is 2.02. The molecule has 0 aliphatic heterocycles. The molecule has 0 bridgehead atoms. The van der Waals surface area contributed by atoms with Gasteiger partial charge < -0.3 is 10.1 Å². The van der Waals surface area contributed by atoms with Gasteiger partial charge in [-0.3, -0.25) is 0 Å². The van der Waals surface area contributed by atoms with Crippen LogP contribution in [0.3, 0.4) is 0 Å².